The fourth-order valence-corrected chi connectivity index (χ4v) is 2.66. The SMILES string of the molecule is Cc1ccc(NC(=O)C(=O)N/N=C2/C[C@H]3C=CC[C@@H]23)cc1. The largest absolute Gasteiger partial charge is 0.329 e. The van der Waals surface area contributed by atoms with Crippen molar-refractivity contribution in [3.05, 3.63) is 42.0 Å². The molecule has 21 heavy (non-hydrogen) atoms. The van der Waals surface area contributed by atoms with E-state index in [0.29, 0.717) is 17.5 Å². The van der Waals surface area contributed by atoms with E-state index in [1.165, 1.54) is 0 Å². The zero-order valence-electron chi connectivity index (χ0n) is 11.8. The molecule has 0 saturated heterocycles. The second kappa shape index (κ2) is 5.52. The van der Waals surface area contributed by atoms with Gasteiger partial charge in [0.05, 0.1) is 0 Å². The first-order valence-electron chi connectivity index (χ1n) is 7.04. The lowest BCUT2D eigenvalue weighted by molar-refractivity contribution is -0.136. The van der Waals surface area contributed by atoms with Crippen LogP contribution in [0.25, 0.3) is 0 Å². The molecule has 0 unspecified atom stereocenters. The molecular weight excluding hydrogens is 266 g/mol. The van der Waals surface area contributed by atoms with Gasteiger partial charge in [0.25, 0.3) is 0 Å². The van der Waals surface area contributed by atoms with E-state index in [9.17, 15) is 9.59 Å². The third-order valence-electron chi connectivity index (χ3n) is 3.98. The Kier molecular flexibility index (Phi) is 3.56. The summed E-state index contributed by atoms with van der Waals surface area (Å²) < 4.78 is 0. The summed E-state index contributed by atoms with van der Waals surface area (Å²) >= 11 is 0. The molecule has 5 heteroatoms. The van der Waals surface area contributed by atoms with Crippen molar-refractivity contribution in [2.75, 3.05) is 5.32 Å². The molecule has 2 aliphatic carbocycles. The first-order chi connectivity index (χ1) is 10.1. The van der Waals surface area contributed by atoms with Gasteiger partial charge in [-0.3, -0.25) is 9.59 Å². The summed E-state index contributed by atoms with van der Waals surface area (Å²) in [7, 11) is 0. The fraction of sp³-hybridized carbons (Fsp3) is 0.312. The number of fused-ring (bicyclic) bond motifs is 1. The number of amides is 2. The van der Waals surface area contributed by atoms with Crippen molar-refractivity contribution in [3.8, 4) is 0 Å². The van der Waals surface area contributed by atoms with Gasteiger partial charge in [0.1, 0.15) is 0 Å². The van der Waals surface area contributed by atoms with Gasteiger partial charge in [-0.05, 0) is 37.8 Å². The third-order valence-corrected chi connectivity index (χ3v) is 3.98. The van der Waals surface area contributed by atoms with Gasteiger partial charge in [0.15, 0.2) is 0 Å². The van der Waals surface area contributed by atoms with E-state index < -0.39 is 11.8 Å². The standard InChI is InChI=1S/C16H17N3O2/c1-10-5-7-12(8-6-10)17-15(20)16(21)19-18-14-9-11-3-2-4-13(11)14/h2-3,5-8,11,13H,4,9H2,1H3,(H,17,20)(H,19,21)/b18-14-/t11-,13-/m1/s1. The normalized spacial score (nSPS) is 24.3. The van der Waals surface area contributed by atoms with E-state index in [1.807, 2.05) is 19.1 Å². The number of allylic oxidation sites excluding steroid dienone is 2. The molecule has 0 heterocycles. The highest BCUT2D eigenvalue weighted by Gasteiger charge is 2.38. The second-order valence-corrected chi connectivity index (χ2v) is 5.50. The van der Waals surface area contributed by atoms with Crippen molar-refractivity contribution in [1.82, 2.24) is 5.43 Å². The van der Waals surface area contributed by atoms with Crippen molar-refractivity contribution >= 4 is 23.2 Å². The molecule has 1 aromatic carbocycles. The summed E-state index contributed by atoms with van der Waals surface area (Å²) in [6, 6.07) is 7.25. The van der Waals surface area contributed by atoms with Crippen LogP contribution in [-0.2, 0) is 9.59 Å². The lowest BCUT2D eigenvalue weighted by Gasteiger charge is -2.31. The van der Waals surface area contributed by atoms with Crippen LogP contribution in [0, 0.1) is 18.8 Å². The molecule has 0 aromatic heterocycles. The molecule has 1 aromatic rings. The molecule has 1 saturated carbocycles. The number of nitrogens with one attached hydrogen (secondary N) is 2. The lowest BCUT2D eigenvalue weighted by atomic mass is 9.74. The lowest BCUT2D eigenvalue weighted by Crippen LogP contribution is -2.38. The third kappa shape index (κ3) is 2.86. The van der Waals surface area contributed by atoms with Crippen LogP contribution >= 0.6 is 0 Å². The van der Waals surface area contributed by atoms with Gasteiger partial charge in [-0.25, -0.2) is 5.43 Å². The molecule has 2 aliphatic rings. The number of hydrogen-bond donors (Lipinski definition) is 2. The first-order valence-corrected chi connectivity index (χ1v) is 7.04. The second-order valence-electron chi connectivity index (χ2n) is 5.50. The summed E-state index contributed by atoms with van der Waals surface area (Å²) in [4.78, 5) is 23.4. The Morgan fingerprint density at radius 2 is 1.95 bits per heavy atom. The number of anilines is 1. The quantitative estimate of drug-likeness (QED) is 0.495. The van der Waals surface area contributed by atoms with Crippen LogP contribution < -0.4 is 10.7 Å². The number of nitrogens with zero attached hydrogens (tertiary/aromatic N) is 1. The first kappa shape index (κ1) is 13.5. The Bertz CT molecular complexity index is 631. The smallest absolute Gasteiger partial charge is 0.318 e. The highest BCUT2D eigenvalue weighted by Crippen LogP contribution is 2.39. The van der Waals surface area contributed by atoms with E-state index in [0.717, 1.165) is 24.1 Å². The van der Waals surface area contributed by atoms with Crippen LogP contribution in [-0.4, -0.2) is 17.5 Å². The van der Waals surface area contributed by atoms with Crippen molar-refractivity contribution in [2.24, 2.45) is 16.9 Å². The van der Waals surface area contributed by atoms with Gasteiger partial charge in [-0.1, -0.05) is 29.8 Å². The van der Waals surface area contributed by atoms with Gasteiger partial charge in [0.2, 0.25) is 0 Å². The molecule has 2 amide bonds. The van der Waals surface area contributed by atoms with Crippen LogP contribution in [0.2, 0.25) is 0 Å². The zero-order valence-corrected chi connectivity index (χ0v) is 11.8. The van der Waals surface area contributed by atoms with E-state index in [4.69, 9.17) is 0 Å². The molecule has 108 valence electrons. The Balaban J connectivity index is 1.52. The van der Waals surface area contributed by atoms with Crippen LogP contribution in [0.5, 0.6) is 0 Å². The molecule has 2 atom stereocenters. The molecular formula is C16H17N3O2. The number of rotatable bonds is 2. The van der Waals surface area contributed by atoms with Crippen molar-refractivity contribution in [2.45, 2.75) is 19.8 Å². The molecule has 2 N–H and O–H groups in total. The van der Waals surface area contributed by atoms with Crippen LogP contribution in [0.3, 0.4) is 0 Å². The average molecular weight is 283 g/mol. The predicted molar refractivity (Wildman–Crippen MR) is 80.7 cm³/mol. The number of hydrogen-bond acceptors (Lipinski definition) is 3. The van der Waals surface area contributed by atoms with Crippen LogP contribution in [0.1, 0.15) is 18.4 Å². The highest BCUT2D eigenvalue weighted by molar-refractivity contribution is 6.39. The minimum atomic E-state index is -0.738. The topological polar surface area (TPSA) is 70.6 Å². The average Bonchev–Trinajstić information content (AvgIpc) is 2.83. The predicted octanol–water partition coefficient (Wildman–Crippen LogP) is 2.00. The number of carbonyl (C=O) groups excluding carboxylic acids is 2. The summed E-state index contributed by atoms with van der Waals surface area (Å²) in [5, 5.41) is 6.61. The van der Waals surface area contributed by atoms with Gasteiger partial charge in [0, 0.05) is 17.3 Å². The maximum Gasteiger partial charge on any atom is 0.329 e. The van der Waals surface area contributed by atoms with Gasteiger partial charge in [-0.15, -0.1) is 0 Å². The Morgan fingerprint density at radius 3 is 2.67 bits per heavy atom. The minimum Gasteiger partial charge on any atom is -0.318 e. The van der Waals surface area contributed by atoms with E-state index >= 15 is 0 Å². The van der Waals surface area contributed by atoms with Gasteiger partial charge < -0.3 is 5.32 Å². The molecule has 5 nitrogen and oxygen atoms in total. The zero-order chi connectivity index (χ0) is 14.8. The molecule has 0 aliphatic heterocycles. The van der Waals surface area contributed by atoms with Crippen LogP contribution in [0.15, 0.2) is 41.5 Å². The summed E-state index contributed by atoms with van der Waals surface area (Å²) in [6.07, 6.45) is 6.19. The molecule has 0 bridgehead atoms. The van der Waals surface area contributed by atoms with Crippen molar-refractivity contribution in [1.29, 1.82) is 0 Å². The molecule has 0 spiro atoms. The summed E-state index contributed by atoms with van der Waals surface area (Å²) in [5.74, 6) is -0.450. The minimum absolute atomic E-state index is 0.422. The summed E-state index contributed by atoms with van der Waals surface area (Å²) in [5.41, 5.74) is 5.00. The Hall–Kier alpha value is -2.43. The Labute approximate surface area is 123 Å². The number of benzene rings is 1. The fourth-order valence-electron chi connectivity index (χ4n) is 2.66. The monoisotopic (exact) mass is 283 g/mol. The summed E-state index contributed by atoms with van der Waals surface area (Å²) in [6.45, 7) is 1.96. The van der Waals surface area contributed by atoms with E-state index in [-0.39, 0.29) is 0 Å². The van der Waals surface area contributed by atoms with Crippen molar-refractivity contribution < 1.29 is 9.59 Å². The highest BCUT2D eigenvalue weighted by atomic mass is 16.2. The number of aryl methyl sites for hydroxylation is 1. The molecule has 1 fully saturated rings. The van der Waals surface area contributed by atoms with Crippen molar-refractivity contribution in [3.63, 3.8) is 0 Å². The van der Waals surface area contributed by atoms with E-state index in [2.05, 4.69) is 28.0 Å². The molecule has 0 radical (unpaired) electrons. The van der Waals surface area contributed by atoms with E-state index in [1.54, 1.807) is 12.1 Å². The maximum absolute atomic E-state index is 11.7. The molecule has 3 rings (SSSR count). The van der Waals surface area contributed by atoms with Crippen LogP contribution in [0.4, 0.5) is 5.69 Å². The Morgan fingerprint density at radius 1 is 1.19 bits per heavy atom. The van der Waals surface area contributed by atoms with Gasteiger partial charge in [-0.2, -0.15) is 5.10 Å². The number of hydrazone groups is 1. The van der Waals surface area contributed by atoms with Gasteiger partial charge >= 0.3 is 11.8 Å². The number of carbonyl (C=O) groups is 2. The maximum atomic E-state index is 11.7.